The molecule has 2 aromatic carbocycles. The van der Waals surface area contributed by atoms with Crippen LogP contribution in [0.4, 0.5) is 14.9 Å². The number of amides is 2. The average Bonchev–Trinajstić information content (AvgIpc) is 2.77. The lowest BCUT2D eigenvalue weighted by Gasteiger charge is -2.32. The van der Waals surface area contributed by atoms with E-state index in [4.69, 9.17) is 21.4 Å². The zero-order valence-electron chi connectivity index (χ0n) is 17.3. The van der Waals surface area contributed by atoms with Gasteiger partial charge in [-0.1, -0.05) is 11.6 Å². The number of carbonyl (C=O) groups excluding carboxylic acids is 1. The summed E-state index contributed by atoms with van der Waals surface area (Å²) in [4.78, 5) is 28.5. The van der Waals surface area contributed by atoms with E-state index in [1.165, 1.54) is 28.0 Å². The zero-order valence-corrected chi connectivity index (χ0v) is 18.0. The van der Waals surface area contributed by atoms with Gasteiger partial charge in [0.05, 0.1) is 6.61 Å². The number of nitrogens with zero attached hydrogens (tertiary/aromatic N) is 3. The van der Waals surface area contributed by atoms with Crippen molar-refractivity contribution in [1.29, 1.82) is 0 Å². The van der Waals surface area contributed by atoms with E-state index >= 15 is 0 Å². The molecule has 1 aliphatic heterocycles. The van der Waals surface area contributed by atoms with Gasteiger partial charge in [0.2, 0.25) is 0 Å². The molecule has 0 unspecified atom stereocenters. The van der Waals surface area contributed by atoms with Crippen molar-refractivity contribution in [1.82, 2.24) is 9.80 Å². The molecule has 0 spiro atoms. The minimum absolute atomic E-state index is 0.0985. The molecule has 1 N–H and O–H groups in total. The van der Waals surface area contributed by atoms with E-state index in [1.807, 2.05) is 0 Å². The summed E-state index contributed by atoms with van der Waals surface area (Å²) in [6.45, 7) is 3.42. The Kier molecular flexibility index (Phi) is 7.70. The molecule has 0 radical (unpaired) electrons. The number of anilines is 1. The molecule has 1 fully saturated rings. The molecule has 1 saturated heterocycles. The van der Waals surface area contributed by atoms with Gasteiger partial charge in [-0.05, 0) is 48.9 Å². The maximum atomic E-state index is 14.4. The van der Waals surface area contributed by atoms with Gasteiger partial charge in [0, 0.05) is 56.0 Å². The molecule has 166 valence electrons. The Hall–Kier alpha value is -2.84. The highest BCUT2D eigenvalue weighted by Crippen LogP contribution is 2.22. The van der Waals surface area contributed by atoms with Crippen molar-refractivity contribution in [3.63, 3.8) is 0 Å². The smallest absolute Gasteiger partial charge is 0.407 e. The lowest BCUT2D eigenvalue weighted by atomic mass is 10.1. The van der Waals surface area contributed by atoms with Crippen LogP contribution in [0.25, 0.3) is 0 Å². The summed E-state index contributed by atoms with van der Waals surface area (Å²) < 4.78 is 20.0. The number of piperazine rings is 1. The lowest BCUT2D eigenvalue weighted by Crippen LogP contribution is -2.48. The molecule has 3 rings (SSSR count). The fourth-order valence-electron chi connectivity index (χ4n) is 3.36. The van der Waals surface area contributed by atoms with Crippen molar-refractivity contribution >= 4 is 29.3 Å². The summed E-state index contributed by atoms with van der Waals surface area (Å²) in [7, 11) is 1.62. The quantitative estimate of drug-likeness (QED) is 0.650. The van der Waals surface area contributed by atoms with Crippen LogP contribution in [0.1, 0.15) is 16.8 Å². The predicted molar refractivity (Wildman–Crippen MR) is 117 cm³/mol. The molecule has 1 aliphatic rings. The summed E-state index contributed by atoms with van der Waals surface area (Å²) in [5.74, 6) is -0.833. The Balaban J connectivity index is 1.47. The molecule has 0 aromatic heterocycles. The van der Waals surface area contributed by atoms with Crippen molar-refractivity contribution in [3.05, 3.63) is 58.9 Å². The number of benzene rings is 2. The van der Waals surface area contributed by atoms with Gasteiger partial charge in [-0.2, -0.15) is 0 Å². The van der Waals surface area contributed by atoms with Crippen LogP contribution in [-0.4, -0.2) is 73.3 Å². The summed E-state index contributed by atoms with van der Waals surface area (Å²) in [5.41, 5.74) is 0.873. The monoisotopic (exact) mass is 449 g/mol. The second kappa shape index (κ2) is 10.5. The fourth-order valence-corrected chi connectivity index (χ4v) is 3.49. The minimum atomic E-state index is -0.889. The van der Waals surface area contributed by atoms with Crippen molar-refractivity contribution in [2.24, 2.45) is 0 Å². The number of ether oxygens (including phenoxy) is 1. The molecule has 7 nitrogen and oxygen atoms in total. The van der Waals surface area contributed by atoms with Gasteiger partial charge in [-0.25, -0.2) is 9.18 Å². The number of carboxylic acid groups (broad SMARTS) is 1. The van der Waals surface area contributed by atoms with Crippen LogP contribution < -0.4 is 9.64 Å². The van der Waals surface area contributed by atoms with Gasteiger partial charge in [-0.15, -0.1) is 0 Å². The average molecular weight is 450 g/mol. The molecular formula is C22H25ClFN3O4. The third kappa shape index (κ3) is 6.08. The summed E-state index contributed by atoms with van der Waals surface area (Å²) in [6, 6.07) is 11.0. The molecule has 1 heterocycles. The van der Waals surface area contributed by atoms with Crippen LogP contribution in [0.5, 0.6) is 5.75 Å². The fraction of sp³-hybridized carbons (Fsp3) is 0.364. The first-order valence-electron chi connectivity index (χ1n) is 10.0. The second-order valence-corrected chi connectivity index (χ2v) is 7.74. The van der Waals surface area contributed by atoms with Gasteiger partial charge in [0.15, 0.2) is 11.6 Å². The van der Waals surface area contributed by atoms with Crippen LogP contribution in [0, 0.1) is 5.82 Å². The van der Waals surface area contributed by atoms with E-state index in [0.717, 1.165) is 6.54 Å². The molecule has 0 bridgehead atoms. The lowest BCUT2D eigenvalue weighted by molar-refractivity contribution is 0.0990. The highest BCUT2D eigenvalue weighted by atomic mass is 35.5. The molecule has 2 amide bonds. The standard InChI is InChI=1S/C22H25ClFN3O4/c1-25(18-6-4-17(23)5-7-18)21(28)16-3-8-20(19(24)15-16)31-14-2-9-26-10-12-27(13-11-26)22(29)30/h3-8,15H,2,9-14H2,1H3,(H,29,30). The molecular weight excluding hydrogens is 425 g/mol. The van der Waals surface area contributed by atoms with Crippen molar-refractivity contribution in [2.45, 2.75) is 6.42 Å². The first-order valence-corrected chi connectivity index (χ1v) is 10.4. The third-order valence-electron chi connectivity index (χ3n) is 5.22. The van der Waals surface area contributed by atoms with E-state index in [9.17, 15) is 14.0 Å². The zero-order chi connectivity index (χ0) is 22.4. The van der Waals surface area contributed by atoms with E-state index in [-0.39, 0.29) is 17.2 Å². The molecule has 9 heteroatoms. The van der Waals surface area contributed by atoms with Gasteiger partial charge >= 0.3 is 6.09 Å². The van der Waals surface area contributed by atoms with Crippen molar-refractivity contribution < 1.29 is 23.8 Å². The first-order chi connectivity index (χ1) is 14.8. The number of hydrogen-bond donors (Lipinski definition) is 1. The normalized spacial score (nSPS) is 14.4. The first kappa shape index (κ1) is 22.8. The second-order valence-electron chi connectivity index (χ2n) is 7.30. The summed E-state index contributed by atoms with van der Waals surface area (Å²) >= 11 is 5.87. The van der Waals surface area contributed by atoms with Crippen LogP contribution in [-0.2, 0) is 0 Å². The van der Waals surface area contributed by atoms with Crippen molar-refractivity contribution in [3.8, 4) is 5.75 Å². The van der Waals surface area contributed by atoms with Gasteiger partial charge in [0.1, 0.15) is 0 Å². The molecule has 2 aromatic rings. The SMILES string of the molecule is CN(C(=O)c1ccc(OCCCN2CCN(C(=O)O)CC2)c(F)c1)c1ccc(Cl)cc1. The third-order valence-corrected chi connectivity index (χ3v) is 5.47. The molecule has 0 atom stereocenters. The van der Waals surface area contributed by atoms with Gasteiger partial charge in [-0.3, -0.25) is 9.69 Å². The highest BCUT2D eigenvalue weighted by molar-refractivity contribution is 6.30. The van der Waals surface area contributed by atoms with Crippen LogP contribution in [0.2, 0.25) is 5.02 Å². The minimum Gasteiger partial charge on any atom is -0.490 e. The molecule has 31 heavy (non-hydrogen) atoms. The van der Waals surface area contributed by atoms with E-state index in [2.05, 4.69) is 4.90 Å². The van der Waals surface area contributed by atoms with Crippen molar-refractivity contribution in [2.75, 3.05) is 51.3 Å². The van der Waals surface area contributed by atoms with E-state index in [0.29, 0.717) is 49.9 Å². The Morgan fingerprint density at radius 1 is 1.13 bits per heavy atom. The maximum absolute atomic E-state index is 14.4. The van der Waals surface area contributed by atoms with Crippen LogP contribution in [0.15, 0.2) is 42.5 Å². The van der Waals surface area contributed by atoms with Crippen LogP contribution in [0.3, 0.4) is 0 Å². The van der Waals surface area contributed by atoms with E-state index < -0.39 is 11.9 Å². The summed E-state index contributed by atoms with van der Waals surface area (Å²) in [6.07, 6.45) is -0.202. The molecule has 0 aliphatic carbocycles. The Labute approximate surface area is 185 Å². The highest BCUT2D eigenvalue weighted by Gasteiger charge is 2.20. The van der Waals surface area contributed by atoms with Crippen LogP contribution >= 0.6 is 11.6 Å². The molecule has 0 saturated carbocycles. The largest absolute Gasteiger partial charge is 0.490 e. The topological polar surface area (TPSA) is 73.3 Å². The predicted octanol–water partition coefficient (Wildman–Crippen LogP) is 3.82. The number of halogens is 2. The number of carbonyl (C=O) groups is 2. The Morgan fingerprint density at radius 3 is 2.42 bits per heavy atom. The Bertz CT molecular complexity index is 917. The van der Waals surface area contributed by atoms with Gasteiger partial charge in [0.25, 0.3) is 5.91 Å². The number of rotatable bonds is 7. The summed E-state index contributed by atoms with van der Waals surface area (Å²) in [5, 5.41) is 9.54. The van der Waals surface area contributed by atoms with E-state index in [1.54, 1.807) is 31.3 Å². The Morgan fingerprint density at radius 2 is 1.81 bits per heavy atom. The van der Waals surface area contributed by atoms with Gasteiger partial charge < -0.3 is 19.6 Å². The number of hydrogen-bond acceptors (Lipinski definition) is 4. The maximum Gasteiger partial charge on any atom is 0.407 e.